The van der Waals surface area contributed by atoms with E-state index in [4.69, 9.17) is 16.2 Å². The summed E-state index contributed by atoms with van der Waals surface area (Å²) < 4.78 is 4.82. The molecule has 0 aromatic rings. The van der Waals surface area contributed by atoms with Crippen molar-refractivity contribution in [2.45, 2.75) is 6.04 Å². The number of hydrogen-bond donors (Lipinski definition) is 2. The van der Waals surface area contributed by atoms with Gasteiger partial charge in [-0.15, -0.1) is 0 Å². The van der Waals surface area contributed by atoms with Crippen molar-refractivity contribution < 1.29 is 14.3 Å². The van der Waals surface area contributed by atoms with Crippen LogP contribution in [0.3, 0.4) is 0 Å². The molecule has 62 valence electrons. The summed E-state index contributed by atoms with van der Waals surface area (Å²) in [6.45, 7) is 0.182. The standard InChI is InChI=1S/C5H9N3O3/c6-4(9)3-1-11-2-8(3)5(7)10/h3H,1-2H2,(H2,6,9)(H2,7,10)/t3-/m1/s1. The van der Waals surface area contributed by atoms with Crippen LogP contribution in [0.25, 0.3) is 0 Å². The average Bonchev–Trinajstić information content (AvgIpc) is 2.32. The Balaban J connectivity index is 2.65. The highest BCUT2D eigenvalue weighted by molar-refractivity contribution is 5.85. The molecule has 3 amide bonds. The third kappa shape index (κ3) is 1.40. The summed E-state index contributed by atoms with van der Waals surface area (Å²) in [6, 6.07) is -1.39. The fraction of sp³-hybridized carbons (Fsp3) is 0.600. The molecule has 1 atom stereocenters. The summed E-state index contributed by atoms with van der Waals surface area (Å²) >= 11 is 0. The summed E-state index contributed by atoms with van der Waals surface area (Å²) in [5.74, 6) is -0.596. The lowest BCUT2D eigenvalue weighted by molar-refractivity contribution is -0.121. The van der Waals surface area contributed by atoms with Crippen molar-refractivity contribution in [2.75, 3.05) is 13.3 Å². The Bertz CT molecular complexity index is 173. The number of primary amides is 2. The zero-order valence-electron chi connectivity index (χ0n) is 5.82. The molecular weight excluding hydrogens is 150 g/mol. The Hall–Kier alpha value is -1.30. The van der Waals surface area contributed by atoms with Gasteiger partial charge >= 0.3 is 6.03 Å². The van der Waals surface area contributed by atoms with Crippen LogP contribution in [0.4, 0.5) is 4.79 Å². The molecule has 6 heteroatoms. The Morgan fingerprint density at radius 3 is 2.45 bits per heavy atom. The molecule has 1 heterocycles. The number of ether oxygens (including phenoxy) is 1. The first kappa shape index (κ1) is 7.80. The fourth-order valence-electron chi connectivity index (χ4n) is 0.896. The zero-order chi connectivity index (χ0) is 8.43. The molecule has 0 unspecified atom stereocenters. The number of rotatable bonds is 1. The predicted octanol–water partition coefficient (Wildman–Crippen LogP) is -1.79. The van der Waals surface area contributed by atoms with Gasteiger partial charge in [0.25, 0.3) is 0 Å². The minimum atomic E-state index is -0.701. The lowest BCUT2D eigenvalue weighted by Crippen LogP contribution is -2.47. The van der Waals surface area contributed by atoms with Gasteiger partial charge in [-0.05, 0) is 0 Å². The molecule has 1 aliphatic heterocycles. The van der Waals surface area contributed by atoms with Crippen LogP contribution < -0.4 is 11.5 Å². The van der Waals surface area contributed by atoms with Gasteiger partial charge in [0.15, 0.2) is 0 Å². The van der Waals surface area contributed by atoms with Gasteiger partial charge in [0.1, 0.15) is 12.8 Å². The maximum Gasteiger partial charge on any atom is 0.317 e. The van der Waals surface area contributed by atoms with Gasteiger partial charge in [0.05, 0.1) is 6.61 Å². The van der Waals surface area contributed by atoms with Crippen LogP contribution in [-0.4, -0.2) is 36.2 Å². The van der Waals surface area contributed by atoms with Gasteiger partial charge in [-0.3, -0.25) is 9.69 Å². The first-order valence-corrected chi connectivity index (χ1v) is 3.06. The maximum absolute atomic E-state index is 10.6. The van der Waals surface area contributed by atoms with E-state index in [1.165, 1.54) is 0 Å². The third-order valence-electron chi connectivity index (χ3n) is 1.49. The molecule has 0 saturated carbocycles. The Kier molecular flexibility index (Phi) is 1.95. The third-order valence-corrected chi connectivity index (χ3v) is 1.49. The van der Waals surface area contributed by atoms with Crippen molar-refractivity contribution in [2.24, 2.45) is 11.5 Å². The summed E-state index contributed by atoms with van der Waals surface area (Å²) in [4.78, 5) is 22.3. The lowest BCUT2D eigenvalue weighted by atomic mass is 10.3. The van der Waals surface area contributed by atoms with Gasteiger partial charge < -0.3 is 16.2 Å². The summed E-state index contributed by atoms with van der Waals surface area (Å²) in [7, 11) is 0. The van der Waals surface area contributed by atoms with E-state index in [1.807, 2.05) is 0 Å². The molecule has 1 fully saturated rings. The smallest absolute Gasteiger partial charge is 0.317 e. The molecule has 11 heavy (non-hydrogen) atoms. The summed E-state index contributed by atoms with van der Waals surface area (Å²) in [5.41, 5.74) is 9.88. The van der Waals surface area contributed by atoms with Gasteiger partial charge in [-0.25, -0.2) is 4.79 Å². The highest BCUT2D eigenvalue weighted by atomic mass is 16.5. The van der Waals surface area contributed by atoms with Crippen molar-refractivity contribution in [3.05, 3.63) is 0 Å². The van der Waals surface area contributed by atoms with Crippen molar-refractivity contribution in [1.29, 1.82) is 0 Å². The van der Waals surface area contributed by atoms with Crippen LogP contribution >= 0.6 is 0 Å². The predicted molar refractivity (Wildman–Crippen MR) is 35.2 cm³/mol. The molecule has 4 N–H and O–H groups in total. The normalized spacial score (nSPS) is 23.6. The Morgan fingerprint density at radius 1 is 1.45 bits per heavy atom. The molecule has 0 radical (unpaired) electrons. The number of hydrogen-bond acceptors (Lipinski definition) is 3. The fourth-order valence-corrected chi connectivity index (χ4v) is 0.896. The average molecular weight is 159 g/mol. The molecule has 0 bridgehead atoms. The number of nitrogens with zero attached hydrogens (tertiary/aromatic N) is 1. The summed E-state index contributed by atoms with van der Waals surface area (Å²) in [6.07, 6.45) is 0. The van der Waals surface area contributed by atoms with E-state index >= 15 is 0 Å². The first-order chi connectivity index (χ1) is 5.13. The quantitative estimate of drug-likeness (QED) is 0.472. The zero-order valence-corrected chi connectivity index (χ0v) is 5.82. The largest absolute Gasteiger partial charge is 0.368 e. The molecular formula is C5H9N3O3. The van der Waals surface area contributed by atoms with E-state index < -0.39 is 18.0 Å². The Morgan fingerprint density at radius 2 is 2.09 bits per heavy atom. The molecule has 1 aliphatic rings. The van der Waals surface area contributed by atoms with E-state index in [2.05, 4.69) is 0 Å². The lowest BCUT2D eigenvalue weighted by Gasteiger charge is -2.16. The van der Waals surface area contributed by atoms with E-state index in [0.717, 1.165) is 4.90 Å². The van der Waals surface area contributed by atoms with Gasteiger partial charge in [0, 0.05) is 0 Å². The maximum atomic E-state index is 10.6. The molecule has 0 aliphatic carbocycles. The second-order valence-electron chi connectivity index (χ2n) is 2.23. The number of urea groups is 1. The molecule has 1 rings (SSSR count). The topological polar surface area (TPSA) is 98.7 Å². The molecule has 0 spiro atoms. The number of amides is 3. The number of carbonyl (C=O) groups excluding carboxylic acids is 2. The first-order valence-electron chi connectivity index (χ1n) is 3.06. The van der Waals surface area contributed by atoms with E-state index in [-0.39, 0.29) is 13.3 Å². The van der Waals surface area contributed by atoms with Crippen LogP contribution in [0.1, 0.15) is 0 Å². The highest BCUT2D eigenvalue weighted by Crippen LogP contribution is 2.07. The van der Waals surface area contributed by atoms with Crippen LogP contribution in [0.2, 0.25) is 0 Å². The van der Waals surface area contributed by atoms with Crippen molar-refractivity contribution in [1.82, 2.24) is 4.90 Å². The van der Waals surface area contributed by atoms with Crippen LogP contribution in [0.5, 0.6) is 0 Å². The minimum Gasteiger partial charge on any atom is -0.368 e. The minimum absolute atomic E-state index is 0.0446. The van der Waals surface area contributed by atoms with Crippen LogP contribution in [0, 0.1) is 0 Å². The van der Waals surface area contributed by atoms with Crippen molar-refractivity contribution in [3.63, 3.8) is 0 Å². The molecule has 1 saturated heterocycles. The number of nitrogens with two attached hydrogens (primary N) is 2. The monoisotopic (exact) mass is 159 g/mol. The van der Waals surface area contributed by atoms with E-state index in [1.54, 1.807) is 0 Å². The second-order valence-corrected chi connectivity index (χ2v) is 2.23. The molecule has 0 aromatic carbocycles. The highest BCUT2D eigenvalue weighted by Gasteiger charge is 2.32. The Labute approximate surface area is 63.1 Å². The SMILES string of the molecule is NC(=O)[C@H]1COCN1C(N)=O. The van der Waals surface area contributed by atoms with Gasteiger partial charge in [0.2, 0.25) is 5.91 Å². The summed E-state index contributed by atoms with van der Waals surface area (Å²) in [5, 5.41) is 0. The van der Waals surface area contributed by atoms with Gasteiger partial charge in [-0.1, -0.05) is 0 Å². The van der Waals surface area contributed by atoms with Crippen LogP contribution in [0.15, 0.2) is 0 Å². The van der Waals surface area contributed by atoms with Crippen molar-refractivity contribution in [3.8, 4) is 0 Å². The van der Waals surface area contributed by atoms with Gasteiger partial charge in [-0.2, -0.15) is 0 Å². The molecule has 6 nitrogen and oxygen atoms in total. The number of carbonyl (C=O) groups is 2. The van der Waals surface area contributed by atoms with E-state index in [0.29, 0.717) is 0 Å². The van der Waals surface area contributed by atoms with E-state index in [9.17, 15) is 9.59 Å². The van der Waals surface area contributed by atoms with Crippen molar-refractivity contribution >= 4 is 11.9 Å². The second kappa shape index (κ2) is 2.75. The van der Waals surface area contributed by atoms with Crippen LogP contribution in [-0.2, 0) is 9.53 Å². The molecule has 0 aromatic heterocycles.